The van der Waals surface area contributed by atoms with Crippen molar-refractivity contribution >= 4 is 27.7 Å². The zero-order chi connectivity index (χ0) is 16.1. The Hall–Kier alpha value is -2.28. The maximum atomic E-state index is 11.6. The predicted molar refractivity (Wildman–Crippen MR) is 83.4 cm³/mol. The summed E-state index contributed by atoms with van der Waals surface area (Å²) in [6, 6.07) is 8.62. The fraction of sp³-hybridized carbons (Fsp3) is 0.200. The number of hydrazine groups is 1. The smallest absolute Gasteiger partial charge is 0.305 e. The van der Waals surface area contributed by atoms with Crippen molar-refractivity contribution in [3.05, 3.63) is 51.9 Å². The molecule has 0 aliphatic carbocycles. The maximum Gasteiger partial charge on any atom is 0.305 e. The van der Waals surface area contributed by atoms with Crippen LogP contribution in [0, 0.1) is 13.8 Å². The van der Waals surface area contributed by atoms with Crippen molar-refractivity contribution in [1.29, 1.82) is 0 Å². The van der Waals surface area contributed by atoms with Gasteiger partial charge >= 0.3 is 5.91 Å². The number of nitrogens with one attached hydrogen (secondary N) is 2. The van der Waals surface area contributed by atoms with Crippen LogP contribution < -0.4 is 15.6 Å². The summed E-state index contributed by atoms with van der Waals surface area (Å²) in [6.45, 7) is 3.75. The molecule has 2 amide bonds. The highest BCUT2D eigenvalue weighted by Gasteiger charge is 2.11. The molecule has 0 saturated heterocycles. The third-order valence-electron chi connectivity index (χ3n) is 2.96. The Morgan fingerprint density at radius 2 is 1.91 bits per heavy atom. The first-order chi connectivity index (χ1) is 10.5. The zero-order valence-electron chi connectivity index (χ0n) is 12.1. The van der Waals surface area contributed by atoms with Gasteiger partial charge in [0.2, 0.25) is 0 Å². The van der Waals surface area contributed by atoms with Gasteiger partial charge in [0.25, 0.3) is 5.91 Å². The third-order valence-corrected chi connectivity index (χ3v) is 3.39. The molecule has 0 fully saturated rings. The molecule has 116 valence electrons. The summed E-state index contributed by atoms with van der Waals surface area (Å²) in [5.41, 5.74) is 6.71. The lowest BCUT2D eigenvalue weighted by Crippen LogP contribution is -2.43. The van der Waals surface area contributed by atoms with Crippen LogP contribution in [0.25, 0.3) is 0 Å². The number of carbonyl (C=O) groups is 2. The van der Waals surface area contributed by atoms with Crippen molar-refractivity contribution in [3.63, 3.8) is 0 Å². The SMILES string of the molecule is Cc1ccc(OCC(=O)NNC(=O)c2ccc(Br)o2)cc1C. The molecule has 1 aromatic heterocycles. The molecule has 0 saturated carbocycles. The summed E-state index contributed by atoms with van der Waals surface area (Å²) in [5.74, 6) is -0.343. The maximum absolute atomic E-state index is 11.6. The molecule has 2 N–H and O–H groups in total. The van der Waals surface area contributed by atoms with E-state index in [9.17, 15) is 9.59 Å². The van der Waals surface area contributed by atoms with E-state index in [2.05, 4.69) is 26.8 Å². The van der Waals surface area contributed by atoms with Gasteiger partial charge in [0.05, 0.1) is 0 Å². The van der Waals surface area contributed by atoms with Crippen molar-refractivity contribution in [2.24, 2.45) is 0 Å². The van der Waals surface area contributed by atoms with E-state index in [-0.39, 0.29) is 12.4 Å². The second-order valence-corrected chi connectivity index (χ2v) is 5.42. The molecule has 0 radical (unpaired) electrons. The van der Waals surface area contributed by atoms with Crippen LogP contribution in [0.4, 0.5) is 0 Å². The van der Waals surface area contributed by atoms with Crippen molar-refractivity contribution in [2.45, 2.75) is 13.8 Å². The number of benzene rings is 1. The Bertz CT molecular complexity index is 697. The Morgan fingerprint density at radius 3 is 2.55 bits per heavy atom. The minimum atomic E-state index is -0.551. The molecule has 7 heteroatoms. The first-order valence-corrected chi connectivity index (χ1v) is 7.29. The van der Waals surface area contributed by atoms with E-state index in [1.54, 1.807) is 12.1 Å². The van der Waals surface area contributed by atoms with Crippen LogP contribution in [-0.2, 0) is 4.79 Å². The minimum absolute atomic E-state index is 0.0854. The summed E-state index contributed by atoms with van der Waals surface area (Å²) in [6.07, 6.45) is 0. The molecule has 2 rings (SSSR count). The lowest BCUT2D eigenvalue weighted by Gasteiger charge is -2.09. The second kappa shape index (κ2) is 7.13. The van der Waals surface area contributed by atoms with Crippen molar-refractivity contribution in [2.75, 3.05) is 6.61 Å². The highest BCUT2D eigenvalue weighted by Crippen LogP contribution is 2.16. The van der Waals surface area contributed by atoms with Gasteiger partial charge in [-0.1, -0.05) is 6.07 Å². The Labute approximate surface area is 135 Å². The van der Waals surface area contributed by atoms with Crippen LogP contribution in [0.1, 0.15) is 21.7 Å². The molecule has 22 heavy (non-hydrogen) atoms. The normalized spacial score (nSPS) is 10.1. The number of amides is 2. The van der Waals surface area contributed by atoms with E-state index < -0.39 is 11.8 Å². The van der Waals surface area contributed by atoms with Crippen LogP contribution in [0.2, 0.25) is 0 Å². The molecular formula is C15H15BrN2O4. The minimum Gasteiger partial charge on any atom is -0.484 e. The quantitative estimate of drug-likeness (QED) is 0.814. The van der Waals surface area contributed by atoms with Crippen LogP contribution in [0.3, 0.4) is 0 Å². The summed E-state index contributed by atoms with van der Waals surface area (Å²) >= 11 is 3.09. The number of hydrogen-bond acceptors (Lipinski definition) is 4. The standard InChI is InChI=1S/C15H15BrN2O4/c1-9-3-4-11(7-10(9)2)21-8-14(19)17-18-15(20)12-5-6-13(16)22-12/h3-7H,8H2,1-2H3,(H,17,19)(H,18,20). The van der Waals surface area contributed by atoms with E-state index in [0.29, 0.717) is 10.4 Å². The van der Waals surface area contributed by atoms with Crippen LogP contribution >= 0.6 is 15.9 Å². The van der Waals surface area contributed by atoms with Gasteiger partial charge in [0.15, 0.2) is 17.0 Å². The number of rotatable bonds is 4. The van der Waals surface area contributed by atoms with E-state index in [0.717, 1.165) is 11.1 Å². The van der Waals surface area contributed by atoms with Crippen molar-refractivity contribution in [3.8, 4) is 5.75 Å². The number of furan rings is 1. The molecule has 0 bridgehead atoms. The lowest BCUT2D eigenvalue weighted by atomic mass is 10.1. The molecule has 0 aliphatic heterocycles. The van der Waals surface area contributed by atoms with Gasteiger partial charge in [0, 0.05) is 0 Å². The van der Waals surface area contributed by atoms with Gasteiger partial charge < -0.3 is 9.15 Å². The molecule has 0 aliphatic rings. The fourth-order valence-corrected chi connectivity index (χ4v) is 1.92. The predicted octanol–water partition coefficient (Wildman–Crippen LogP) is 2.50. The van der Waals surface area contributed by atoms with Gasteiger partial charge in [-0.2, -0.15) is 0 Å². The van der Waals surface area contributed by atoms with Crippen LogP contribution in [0.5, 0.6) is 5.75 Å². The number of aryl methyl sites for hydroxylation is 2. The largest absolute Gasteiger partial charge is 0.484 e. The zero-order valence-corrected chi connectivity index (χ0v) is 13.7. The Kier molecular flexibility index (Phi) is 5.21. The van der Waals surface area contributed by atoms with Crippen molar-refractivity contribution in [1.82, 2.24) is 10.9 Å². The van der Waals surface area contributed by atoms with E-state index in [1.807, 2.05) is 26.0 Å². The Balaban J connectivity index is 1.78. The number of hydrogen-bond donors (Lipinski definition) is 2. The van der Waals surface area contributed by atoms with Crippen molar-refractivity contribution < 1.29 is 18.7 Å². The van der Waals surface area contributed by atoms with Gasteiger partial charge in [-0.25, -0.2) is 0 Å². The monoisotopic (exact) mass is 366 g/mol. The fourth-order valence-electron chi connectivity index (χ4n) is 1.61. The summed E-state index contributed by atoms with van der Waals surface area (Å²) in [4.78, 5) is 23.3. The first kappa shape index (κ1) is 16.1. The van der Waals surface area contributed by atoms with E-state index >= 15 is 0 Å². The third kappa shape index (κ3) is 4.36. The average Bonchev–Trinajstić information content (AvgIpc) is 2.92. The average molecular weight is 367 g/mol. The second-order valence-electron chi connectivity index (χ2n) is 4.64. The summed E-state index contributed by atoms with van der Waals surface area (Å²) < 4.78 is 10.8. The molecule has 2 aromatic rings. The van der Waals surface area contributed by atoms with E-state index in [1.165, 1.54) is 6.07 Å². The first-order valence-electron chi connectivity index (χ1n) is 6.50. The van der Waals surface area contributed by atoms with Gasteiger partial charge in [-0.15, -0.1) is 0 Å². The lowest BCUT2D eigenvalue weighted by molar-refractivity contribution is -0.123. The summed E-state index contributed by atoms with van der Waals surface area (Å²) in [7, 11) is 0. The van der Waals surface area contributed by atoms with Gasteiger partial charge in [-0.05, 0) is 65.2 Å². The number of ether oxygens (including phenoxy) is 1. The van der Waals surface area contributed by atoms with Gasteiger partial charge in [-0.3, -0.25) is 20.4 Å². The summed E-state index contributed by atoms with van der Waals surface area (Å²) in [5, 5.41) is 0. The molecule has 0 atom stereocenters. The highest BCUT2D eigenvalue weighted by molar-refractivity contribution is 9.10. The molecular weight excluding hydrogens is 352 g/mol. The molecule has 0 unspecified atom stereocenters. The molecule has 0 spiro atoms. The van der Waals surface area contributed by atoms with Crippen LogP contribution in [0.15, 0.2) is 39.4 Å². The van der Waals surface area contributed by atoms with E-state index in [4.69, 9.17) is 9.15 Å². The number of carbonyl (C=O) groups excluding carboxylic acids is 2. The van der Waals surface area contributed by atoms with Crippen LogP contribution in [-0.4, -0.2) is 18.4 Å². The molecule has 1 heterocycles. The van der Waals surface area contributed by atoms with Gasteiger partial charge in [0.1, 0.15) is 5.75 Å². The molecule has 6 nitrogen and oxygen atoms in total. The number of halogens is 1. The Morgan fingerprint density at radius 1 is 1.14 bits per heavy atom. The topological polar surface area (TPSA) is 80.6 Å². The highest BCUT2D eigenvalue weighted by atomic mass is 79.9. The molecule has 1 aromatic carbocycles.